The number of nitrogens with one attached hydrogen (secondary N) is 1. The fourth-order valence-corrected chi connectivity index (χ4v) is 7.77. The smallest absolute Gasteiger partial charge is 0.207 e. The molecule has 0 amide bonds. The molecule has 2 aromatic rings. The number of nitrogens with zero attached hydrogens (tertiary/aromatic N) is 2. The van der Waals surface area contributed by atoms with E-state index < -0.39 is 10.0 Å². The molecule has 4 aliphatic carbocycles. The zero-order chi connectivity index (χ0) is 15.7. The van der Waals surface area contributed by atoms with E-state index in [1.807, 2.05) is 6.07 Å². The quantitative estimate of drug-likeness (QED) is 0.925. The molecule has 0 saturated heterocycles. The van der Waals surface area contributed by atoms with Gasteiger partial charge < -0.3 is 0 Å². The van der Waals surface area contributed by atoms with Crippen molar-refractivity contribution in [3.63, 3.8) is 0 Å². The number of fused-ring (bicyclic) bond motifs is 1. The number of benzene rings is 1. The Bertz CT molecular complexity index is 839. The molecule has 1 heterocycles. The zero-order valence-corrected chi connectivity index (χ0v) is 14.4. The second-order valence-corrected chi connectivity index (χ2v) is 9.87. The maximum Gasteiger partial charge on any atom is 0.243 e. The molecule has 122 valence electrons. The Hall–Kier alpha value is -1.05. The average Bonchev–Trinajstić information content (AvgIpc) is 2.92. The maximum atomic E-state index is 13.1. The molecule has 6 rings (SSSR count). The Kier molecular flexibility index (Phi) is 2.95. The van der Waals surface area contributed by atoms with Gasteiger partial charge in [0.25, 0.3) is 0 Å². The zero-order valence-electron chi connectivity index (χ0n) is 12.7. The lowest BCUT2D eigenvalue weighted by Gasteiger charge is -2.56. The van der Waals surface area contributed by atoms with Crippen LogP contribution in [0.2, 0.25) is 0 Å². The largest absolute Gasteiger partial charge is 0.243 e. The second kappa shape index (κ2) is 4.74. The minimum Gasteiger partial charge on any atom is -0.207 e. The van der Waals surface area contributed by atoms with Crippen LogP contribution in [-0.4, -0.2) is 22.7 Å². The van der Waals surface area contributed by atoms with Crippen molar-refractivity contribution in [1.82, 2.24) is 13.5 Å². The van der Waals surface area contributed by atoms with Crippen molar-refractivity contribution in [3.8, 4) is 0 Å². The summed E-state index contributed by atoms with van der Waals surface area (Å²) in [6, 6.07) is 5.20. The normalized spacial score (nSPS) is 35.9. The van der Waals surface area contributed by atoms with Gasteiger partial charge in [-0.05, 0) is 68.4 Å². The van der Waals surface area contributed by atoms with Crippen LogP contribution in [0.1, 0.15) is 38.5 Å². The minimum atomic E-state index is -3.57. The van der Waals surface area contributed by atoms with Crippen LogP contribution in [0.4, 0.5) is 0 Å². The van der Waals surface area contributed by atoms with Crippen molar-refractivity contribution in [2.45, 2.75) is 49.0 Å². The van der Waals surface area contributed by atoms with Crippen LogP contribution in [0.25, 0.3) is 11.0 Å². The highest BCUT2D eigenvalue weighted by molar-refractivity contribution is 7.89. The Morgan fingerprint density at radius 2 is 1.70 bits per heavy atom. The molecule has 1 N–H and O–H groups in total. The van der Waals surface area contributed by atoms with E-state index in [0.29, 0.717) is 28.8 Å². The van der Waals surface area contributed by atoms with Gasteiger partial charge in [-0.2, -0.15) is 8.75 Å². The topological polar surface area (TPSA) is 72.0 Å². The highest BCUT2D eigenvalue weighted by Gasteiger charge is 2.52. The number of hydrogen-bond donors (Lipinski definition) is 1. The third-order valence-electron chi connectivity index (χ3n) is 5.93. The summed E-state index contributed by atoms with van der Waals surface area (Å²) in [6.07, 6.45) is 6.91. The van der Waals surface area contributed by atoms with Gasteiger partial charge in [-0.3, -0.25) is 0 Å². The molecular weight excluding hydrogens is 330 g/mol. The first kappa shape index (κ1) is 14.3. The predicted octanol–water partition coefficient (Wildman–Crippen LogP) is 2.94. The second-order valence-electron chi connectivity index (χ2n) is 7.69. The molecule has 4 aliphatic rings. The molecule has 4 bridgehead atoms. The molecule has 4 fully saturated rings. The van der Waals surface area contributed by atoms with Gasteiger partial charge in [0.05, 0.1) is 11.7 Å². The van der Waals surface area contributed by atoms with Crippen LogP contribution in [0.15, 0.2) is 23.1 Å². The Morgan fingerprint density at radius 3 is 2.35 bits per heavy atom. The summed E-state index contributed by atoms with van der Waals surface area (Å²) in [5.41, 5.74) is 0.928. The van der Waals surface area contributed by atoms with Gasteiger partial charge in [0, 0.05) is 5.54 Å². The Balaban J connectivity index is 1.53. The van der Waals surface area contributed by atoms with Crippen molar-refractivity contribution in [2.75, 3.05) is 0 Å². The van der Waals surface area contributed by atoms with Crippen molar-refractivity contribution >= 4 is 32.8 Å². The van der Waals surface area contributed by atoms with E-state index in [9.17, 15) is 8.42 Å². The summed E-state index contributed by atoms with van der Waals surface area (Å²) in [4.78, 5) is 0.277. The van der Waals surface area contributed by atoms with Crippen LogP contribution in [0.5, 0.6) is 0 Å². The lowest BCUT2D eigenvalue weighted by molar-refractivity contribution is -0.00809. The molecule has 5 nitrogen and oxygen atoms in total. The van der Waals surface area contributed by atoms with Gasteiger partial charge in [0.1, 0.15) is 15.9 Å². The summed E-state index contributed by atoms with van der Waals surface area (Å²) in [6.45, 7) is 0. The molecule has 1 aromatic carbocycles. The number of aromatic nitrogens is 2. The molecule has 0 aliphatic heterocycles. The lowest BCUT2D eigenvalue weighted by Crippen LogP contribution is -2.59. The van der Waals surface area contributed by atoms with E-state index in [-0.39, 0.29) is 10.4 Å². The summed E-state index contributed by atoms with van der Waals surface area (Å²) < 4.78 is 37.6. The third kappa shape index (κ3) is 2.24. The van der Waals surface area contributed by atoms with E-state index in [1.165, 1.54) is 19.3 Å². The van der Waals surface area contributed by atoms with Gasteiger partial charge in [0.2, 0.25) is 10.0 Å². The van der Waals surface area contributed by atoms with E-state index in [1.54, 1.807) is 12.1 Å². The predicted molar refractivity (Wildman–Crippen MR) is 88.6 cm³/mol. The first-order valence-corrected chi connectivity index (χ1v) is 10.5. The highest BCUT2D eigenvalue weighted by atomic mass is 32.2. The molecule has 7 heteroatoms. The van der Waals surface area contributed by atoms with Crippen LogP contribution in [0, 0.1) is 17.8 Å². The minimum absolute atomic E-state index is 0.223. The molecule has 0 atom stereocenters. The summed E-state index contributed by atoms with van der Waals surface area (Å²) in [7, 11) is -3.57. The average molecular weight is 349 g/mol. The van der Waals surface area contributed by atoms with Crippen molar-refractivity contribution in [2.24, 2.45) is 17.8 Å². The van der Waals surface area contributed by atoms with Gasteiger partial charge in [-0.15, -0.1) is 0 Å². The van der Waals surface area contributed by atoms with Gasteiger partial charge in [-0.1, -0.05) is 6.07 Å². The van der Waals surface area contributed by atoms with Crippen LogP contribution < -0.4 is 4.72 Å². The van der Waals surface area contributed by atoms with Gasteiger partial charge >= 0.3 is 0 Å². The monoisotopic (exact) mass is 349 g/mol. The fourth-order valence-electron chi connectivity index (χ4n) is 5.57. The SMILES string of the molecule is O=S(=O)(NC12CC3CC(CC(C3)C1)C2)c1cccc2nsnc12. The highest BCUT2D eigenvalue weighted by Crippen LogP contribution is 2.56. The first-order chi connectivity index (χ1) is 11.0. The molecule has 0 unspecified atom stereocenters. The molecule has 1 aromatic heterocycles. The van der Waals surface area contributed by atoms with Gasteiger partial charge in [0.15, 0.2) is 0 Å². The summed E-state index contributed by atoms with van der Waals surface area (Å²) >= 11 is 1.06. The Labute approximate surface area is 139 Å². The first-order valence-electron chi connectivity index (χ1n) is 8.28. The fraction of sp³-hybridized carbons (Fsp3) is 0.625. The van der Waals surface area contributed by atoms with E-state index in [0.717, 1.165) is 31.0 Å². The van der Waals surface area contributed by atoms with Gasteiger partial charge in [-0.25, -0.2) is 13.1 Å². The van der Waals surface area contributed by atoms with E-state index in [2.05, 4.69) is 13.5 Å². The van der Waals surface area contributed by atoms with Crippen molar-refractivity contribution < 1.29 is 8.42 Å². The van der Waals surface area contributed by atoms with Crippen molar-refractivity contribution in [1.29, 1.82) is 0 Å². The summed E-state index contributed by atoms with van der Waals surface area (Å²) in [5, 5.41) is 0. The van der Waals surface area contributed by atoms with E-state index in [4.69, 9.17) is 0 Å². The molecule has 23 heavy (non-hydrogen) atoms. The number of rotatable bonds is 3. The third-order valence-corrected chi connectivity index (χ3v) is 8.08. The van der Waals surface area contributed by atoms with Crippen LogP contribution in [0.3, 0.4) is 0 Å². The van der Waals surface area contributed by atoms with Crippen molar-refractivity contribution in [3.05, 3.63) is 18.2 Å². The molecular formula is C16H19N3O2S2. The number of hydrogen-bond acceptors (Lipinski definition) is 5. The maximum absolute atomic E-state index is 13.1. The van der Waals surface area contributed by atoms with Crippen LogP contribution in [-0.2, 0) is 10.0 Å². The lowest BCUT2D eigenvalue weighted by atomic mass is 9.53. The summed E-state index contributed by atoms with van der Waals surface area (Å²) in [5.74, 6) is 2.13. The molecule has 0 radical (unpaired) electrons. The molecule has 0 spiro atoms. The Morgan fingerprint density at radius 1 is 1.04 bits per heavy atom. The van der Waals surface area contributed by atoms with Crippen LogP contribution >= 0.6 is 11.7 Å². The standard InChI is InChI=1S/C16H19N3O2S2/c20-23(21,14-3-1-2-13-15(14)18-22-17-13)19-16-7-10-4-11(8-16)6-12(5-10)9-16/h1-3,10-12,19H,4-9H2. The molecule has 4 saturated carbocycles. The number of sulfonamides is 1. The van der Waals surface area contributed by atoms with E-state index >= 15 is 0 Å².